The van der Waals surface area contributed by atoms with Crippen LogP contribution in [0.3, 0.4) is 0 Å². The zero-order valence-corrected chi connectivity index (χ0v) is 12.9. The number of rotatable bonds is 3. The van der Waals surface area contributed by atoms with Gasteiger partial charge in [-0.2, -0.15) is 0 Å². The second-order valence-corrected chi connectivity index (χ2v) is 7.25. The molecule has 0 amide bonds. The molecule has 22 heavy (non-hydrogen) atoms. The monoisotopic (exact) mass is 298 g/mol. The molecule has 0 bridgehead atoms. The van der Waals surface area contributed by atoms with Gasteiger partial charge < -0.3 is 4.74 Å². The van der Waals surface area contributed by atoms with E-state index in [0.29, 0.717) is 24.5 Å². The zero-order chi connectivity index (χ0) is 15.2. The fourth-order valence-corrected chi connectivity index (χ4v) is 4.03. The van der Waals surface area contributed by atoms with Gasteiger partial charge >= 0.3 is 0 Å². The molecule has 2 fully saturated rings. The van der Waals surface area contributed by atoms with E-state index in [-0.39, 0.29) is 11.2 Å². The van der Waals surface area contributed by atoms with Gasteiger partial charge in [-0.1, -0.05) is 12.5 Å². The number of Topliss-reactive ketones (excluding diaryl/α,β-unsaturated/α-hetero) is 2. The van der Waals surface area contributed by atoms with Crippen molar-refractivity contribution in [3.63, 3.8) is 0 Å². The molecule has 1 aromatic rings. The summed E-state index contributed by atoms with van der Waals surface area (Å²) in [5, 5.41) is 0. The molecule has 0 aliphatic heterocycles. The van der Waals surface area contributed by atoms with E-state index in [0.717, 1.165) is 42.7 Å². The molecule has 0 aromatic heterocycles. The second kappa shape index (κ2) is 5.22. The number of hydrogen-bond acceptors (Lipinski definition) is 3. The zero-order valence-electron chi connectivity index (χ0n) is 12.9. The molecule has 1 aromatic carbocycles. The third-order valence-electron chi connectivity index (χ3n) is 5.81. The normalized spacial score (nSPS) is 23.5. The van der Waals surface area contributed by atoms with Gasteiger partial charge in [0, 0.05) is 23.8 Å². The number of fused-ring (bicyclic) bond motifs is 1. The predicted octanol–water partition coefficient (Wildman–Crippen LogP) is 3.73. The lowest BCUT2D eigenvalue weighted by molar-refractivity contribution is -0.121. The average Bonchev–Trinajstić information content (AvgIpc) is 2.74. The maximum atomic E-state index is 12.9. The summed E-state index contributed by atoms with van der Waals surface area (Å²) in [6.45, 7) is 0.770. The van der Waals surface area contributed by atoms with Crippen LogP contribution in [0.4, 0.5) is 0 Å². The molecule has 0 atom stereocenters. The van der Waals surface area contributed by atoms with Crippen LogP contribution in [0.2, 0.25) is 0 Å². The summed E-state index contributed by atoms with van der Waals surface area (Å²) in [5.41, 5.74) is 1.67. The number of ether oxygens (including phenoxy) is 1. The van der Waals surface area contributed by atoms with Crippen molar-refractivity contribution in [3.8, 4) is 5.75 Å². The van der Waals surface area contributed by atoms with Gasteiger partial charge in [-0.25, -0.2) is 0 Å². The molecule has 0 heterocycles. The molecule has 3 aliphatic carbocycles. The molecule has 0 saturated heterocycles. The molecule has 0 N–H and O–H groups in total. The van der Waals surface area contributed by atoms with Gasteiger partial charge in [0.05, 0.1) is 6.61 Å². The maximum absolute atomic E-state index is 12.9. The molecule has 0 radical (unpaired) electrons. The third-order valence-corrected chi connectivity index (χ3v) is 5.81. The van der Waals surface area contributed by atoms with Gasteiger partial charge in [-0.05, 0) is 55.7 Å². The van der Waals surface area contributed by atoms with E-state index >= 15 is 0 Å². The van der Waals surface area contributed by atoms with Crippen molar-refractivity contribution in [1.82, 2.24) is 0 Å². The molecule has 2 saturated carbocycles. The van der Waals surface area contributed by atoms with Crippen molar-refractivity contribution in [1.29, 1.82) is 0 Å². The Bertz CT molecular complexity index is 618. The molecule has 3 heteroatoms. The maximum Gasteiger partial charge on any atom is 0.169 e. The van der Waals surface area contributed by atoms with E-state index in [1.165, 1.54) is 19.3 Å². The predicted molar refractivity (Wildman–Crippen MR) is 83.2 cm³/mol. The van der Waals surface area contributed by atoms with E-state index in [9.17, 15) is 9.59 Å². The van der Waals surface area contributed by atoms with Crippen molar-refractivity contribution in [2.24, 2.45) is 11.3 Å². The van der Waals surface area contributed by atoms with Gasteiger partial charge in [-0.3, -0.25) is 9.59 Å². The Hall–Kier alpha value is -1.64. The van der Waals surface area contributed by atoms with Gasteiger partial charge in [-0.15, -0.1) is 0 Å². The van der Waals surface area contributed by atoms with Crippen LogP contribution in [-0.4, -0.2) is 18.2 Å². The fourth-order valence-electron chi connectivity index (χ4n) is 4.03. The van der Waals surface area contributed by atoms with Crippen LogP contribution < -0.4 is 4.74 Å². The highest BCUT2D eigenvalue weighted by Gasteiger charge is 2.47. The van der Waals surface area contributed by atoms with Crippen molar-refractivity contribution in [2.75, 3.05) is 6.61 Å². The van der Waals surface area contributed by atoms with E-state index in [1.54, 1.807) is 0 Å². The number of carbonyl (C=O) groups is 2. The number of ketones is 2. The molecule has 116 valence electrons. The molecule has 0 unspecified atom stereocenters. The minimum atomic E-state index is -0.303. The Morgan fingerprint density at radius 2 is 1.91 bits per heavy atom. The van der Waals surface area contributed by atoms with Crippen LogP contribution in [0.5, 0.6) is 5.75 Å². The number of hydrogen-bond donors (Lipinski definition) is 0. The smallest absolute Gasteiger partial charge is 0.169 e. The van der Waals surface area contributed by atoms with E-state index in [2.05, 4.69) is 6.07 Å². The summed E-state index contributed by atoms with van der Waals surface area (Å²) in [4.78, 5) is 24.4. The minimum Gasteiger partial charge on any atom is -0.493 e. The summed E-state index contributed by atoms with van der Waals surface area (Å²) in [5.74, 6) is 2.06. The first kappa shape index (κ1) is 14.0. The quantitative estimate of drug-likeness (QED) is 0.854. The summed E-state index contributed by atoms with van der Waals surface area (Å²) < 4.78 is 5.87. The van der Waals surface area contributed by atoms with Gasteiger partial charge in [0.2, 0.25) is 0 Å². The van der Waals surface area contributed by atoms with Crippen LogP contribution >= 0.6 is 0 Å². The lowest BCUT2D eigenvalue weighted by atomic mass is 9.71. The van der Waals surface area contributed by atoms with Gasteiger partial charge in [0.1, 0.15) is 11.5 Å². The third kappa shape index (κ3) is 2.27. The highest BCUT2D eigenvalue weighted by molar-refractivity contribution is 6.06. The van der Waals surface area contributed by atoms with E-state index < -0.39 is 0 Å². The SMILES string of the molecule is O=C1CCC2(CC1)Cc1ccc(OCC3CCC3)cc1C2=O. The second-order valence-electron chi connectivity index (χ2n) is 7.25. The number of benzene rings is 1. The molecule has 1 spiro atoms. The summed E-state index contributed by atoms with van der Waals surface area (Å²) in [6, 6.07) is 5.98. The Balaban J connectivity index is 1.51. The van der Waals surface area contributed by atoms with Crippen LogP contribution in [0, 0.1) is 11.3 Å². The van der Waals surface area contributed by atoms with Crippen LogP contribution in [0.1, 0.15) is 60.9 Å². The van der Waals surface area contributed by atoms with Gasteiger partial charge in [0.15, 0.2) is 5.78 Å². The molecular weight excluding hydrogens is 276 g/mol. The van der Waals surface area contributed by atoms with Crippen molar-refractivity contribution < 1.29 is 14.3 Å². The first-order valence-corrected chi connectivity index (χ1v) is 8.49. The molecule has 3 aliphatic rings. The standard InChI is InChI=1S/C19H22O3/c20-15-6-8-19(9-7-15)11-14-4-5-16(10-17(14)18(19)21)22-12-13-2-1-3-13/h4-5,10,13H,1-3,6-9,11-12H2. The Kier molecular flexibility index (Phi) is 3.32. The first-order chi connectivity index (χ1) is 10.7. The van der Waals surface area contributed by atoms with Crippen LogP contribution in [0.15, 0.2) is 18.2 Å². The number of carbonyl (C=O) groups excluding carboxylic acids is 2. The van der Waals surface area contributed by atoms with Crippen molar-refractivity contribution in [2.45, 2.75) is 51.4 Å². The summed E-state index contributed by atoms with van der Waals surface area (Å²) in [7, 11) is 0. The average molecular weight is 298 g/mol. The molecule has 4 rings (SSSR count). The lowest BCUT2D eigenvalue weighted by Gasteiger charge is -2.30. The molecular formula is C19H22O3. The van der Waals surface area contributed by atoms with Crippen LogP contribution in [0.25, 0.3) is 0 Å². The van der Waals surface area contributed by atoms with Gasteiger partial charge in [0.25, 0.3) is 0 Å². The Labute approximate surface area is 131 Å². The minimum absolute atomic E-state index is 0.240. The van der Waals surface area contributed by atoms with Crippen molar-refractivity contribution >= 4 is 11.6 Å². The Morgan fingerprint density at radius 3 is 2.59 bits per heavy atom. The largest absolute Gasteiger partial charge is 0.493 e. The topological polar surface area (TPSA) is 43.4 Å². The summed E-state index contributed by atoms with van der Waals surface area (Å²) >= 11 is 0. The van der Waals surface area contributed by atoms with Crippen molar-refractivity contribution in [3.05, 3.63) is 29.3 Å². The summed E-state index contributed by atoms with van der Waals surface area (Å²) in [6.07, 6.45) is 7.21. The molecule has 3 nitrogen and oxygen atoms in total. The lowest BCUT2D eigenvalue weighted by Crippen LogP contribution is -2.33. The highest BCUT2D eigenvalue weighted by Crippen LogP contribution is 2.47. The first-order valence-electron chi connectivity index (χ1n) is 8.49. The fraction of sp³-hybridized carbons (Fsp3) is 0.579. The Morgan fingerprint density at radius 1 is 1.14 bits per heavy atom. The van der Waals surface area contributed by atoms with E-state index in [4.69, 9.17) is 4.74 Å². The van der Waals surface area contributed by atoms with E-state index in [1.807, 2.05) is 12.1 Å². The van der Waals surface area contributed by atoms with Crippen LogP contribution in [-0.2, 0) is 11.2 Å². The highest BCUT2D eigenvalue weighted by atomic mass is 16.5.